The number of piperidine rings is 1. The number of nitrogens with one attached hydrogen (secondary N) is 1. The van der Waals surface area contributed by atoms with Crippen molar-refractivity contribution < 1.29 is 9.53 Å². The van der Waals surface area contributed by atoms with Crippen molar-refractivity contribution in [2.24, 2.45) is 5.92 Å². The Kier molecular flexibility index (Phi) is 4.34. The van der Waals surface area contributed by atoms with E-state index >= 15 is 0 Å². The molecule has 0 bridgehead atoms. The number of urea groups is 1. The van der Waals surface area contributed by atoms with Gasteiger partial charge in [0.2, 0.25) is 0 Å². The Morgan fingerprint density at radius 2 is 2.24 bits per heavy atom. The minimum Gasteiger partial charge on any atom is -0.378 e. The lowest BCUT2D eigenvalue weighted by Crippen LogP contribution is -2.48. The number of methoxy groups -OCH3 is 1. The lowest BCUT2D eigenvalue weighted by atomic mass is 9.92. The quantitative estimate of drug-likeness (QED) is 0.928. The third-order valence-corrected chi connectivity index (χ3v) is 4.51. The van der Waals surface area contributed by atoms with Crippen molar-refractivity contribution in [3.05, 3.63) is 18.1 Å². The number of aromatic nitrogens is 2. The van der Waals surface area contributed by atoms with Crippen molar-refractivity contribution in [1.29, 1.82) is 0 Å². The van der Waals surface area contributed by atoms with E-state index in [4.69, 9.17) is 4.74 Å². The van der Waals surface area contributed by atoms with Crippen LogP contribution in [0, 0.1) is 5.92 Å². The van der Waals surface area contributed by atoms with E-state index in [2.05, 4.69) is 15.3 Å². The minimum atomic E-state index is -0.0336. The van der Waals surface area contributed by atoms with Crippen molar-refractivity contribution in [1.82, 2.24) is 14.9 Å². The highest BCUT2D eigenvalue weighted by atomic mass is 16.5. The predicted molar refractivity (Wildman–Crippen MR) is 78.8 cm³/mol. The minimum absolute atomic E-state index is 0.0336. The molecule has 1 N–H and O–H groups in total. The molecule has 21 heavy (non-hydrogen) atoms. The van der Waals surface area contributed by atoms with E-state index in [0.29, 0.717) is 24.4 Å². The van der Waals surface area contributed by atoms with Gasteiger partial charge in [0.1, 0.15) is 12.1 Å². The van der Waals surface area contributed by atoms with Crippen molar-refractivity contribution in [3.8, 4) is 0 Å². The van der Waals surface area contributed by atoms with E-state index in [1.54, 1.807) is 13.2 Å². The summed E-state index contributed by atoms with van der Waals surface area (Å²) in [5.74, 6) is 1.24. The average Bonchev–Trinajstić information content (AvgIpc) is 2.96. The van der Waals surface area contributed by atoms with Gasteiger partial charge in [-0.25, -0.2) is 14.8 Å². The molecule has 6 heteroatoms. The zero-order chi connectivity index (χ0) is 14.7. The second-order valence-corrected chi connectivity index (χ2v) is 5.85. The molecule has 2 fully saturated rings. The molecule has 1 saturated carbocycles. The van der Waals surface area contributed by atoms with Gasteiger partial charge in [0, 0.05) is 25.8 Å². The van der Waals surface area contributed by atoms with Crippen molar-refractivity contribution >= 4 is 11.8 Å². The molecule has 2 aliphatic rings. The molecule has 1 aliphatic heterocycles. The van der Waals surface area contributed by atoms with Gasteiger partial charge in [0.25, 0.3) is 0 Å². The first-order valence-electron chi connectivity index (χ1n) is 7.65. The summed E-state index contributed by atoms with van der Waals surface area (Å²) in [5.41, 5.74) is 0.764. The Labute approximate surface area is 124 Å². The molecule has 2 amide bonds. The van der Waals surface area contributed by atoms with Gasteiger partial charge in [-0.05, 0) is 31.6 Å². The van der Waals surface area contributed by atoms with Crippen molar-refractivity contribution in [2.75, 3.05) is 19.0 Å². The fourth-order valence-corrected chi connectivity index (χ4v) is 3.58. The van der Waals surface area contributed by atoms with Gasteiger partial charge in [-0.3, -0.25) is 5.32 Å². The molecule has 0 radical (unpaired) electrons. The van der Waals surface area contributed by atoms with Gasteiger partial charge >= 0.3 is 6.03 Å². The number of hydrogen-bond donors (Lipinski definition) is 1. The number of amides is 2. The molecule has 0 aromatic carbocycles. The van der Waals surface area contributed by atoms with Gasteiger partial charge in [-0.2, -0.15) is 0 Å². The van der Waals surface area contributed by atoms with E-state index in [9.17, 15) is 4.79 Å². The van der Waals surface area contributed by atoms with Crippen LogP contribution in [-0.4, -0.2) is 40.6 Å². The smallest absolute Gasteiger partial charge is 0.323 e. The number of anilines is 1. The van der Waals surface area contributed by atoms with Crippen LogP contribution >= 0.6 is 0 Å². The van der Waals surface area contributed by atoms with Gasteiger partial charge in [-0.1, -0.05) is 6.42 Å². The van der Waals surface area contributed by atoms with E-state index < -0.39 is 0 Å². The summed E-state index contributed by atoms with van der Waals surface area (Å²) in [5, 5.41) is 2.90. The highest BCUT2D eigenvalue weighted by Crippen LogP contribution is 2.36. The lowest BCUT2D eigenvalue weighted by Gasteiger charge is -2.37. The molecule has 1 aromatic rings. The van der Waals surface area contributed by atoms with E-state index in [1.165, 1.54) is 25.6 Å². The summed E-state index contributed by atoms with van der Waals surface area (Å²) in [6, 6.07) is 2.14. The molecule has 114 valence electrons. The standard InChI is InChI=1S/C15H22N4O2/c1-21-9-12-8-14(17-10-16-12)18-15(20)19-7-3-5-11-4-2-6-13(11)19/h8,10-11,13H,2-7,9H2,1H3,(H,16,17,18,20)/t11-,13-/m0/s1. The van der Waals surface area contributed by atoms with Gasteiger partial charge < -0.3 is 9.64 Å². The molecular formula is C15H22N4O2. The van der Waals surface area contributed by atoms with Crippen LogP contribution in [0.4, 0.5) is 10.6 Å². The lowest BCUT2D eigenvalue weighted by molar-refractivity contribution is 0.138. The van der Waals surface area contributed by atoms with Crippen LogP contribution in [-0.2, 0) is 11.3 Å². The topological polar surface area (TPSA) is 67.3 Å². The molecule has 0 spiro atoms. The zero-order valence-electron chi connectivity index (χ0n) is 12.4. The molecular weight excluding hydrogens is 268 g/mol. The van der Waals surface area contributed by atoms with Crippen LogP contribution in [0.3, 0.4) is 0 Å². The second kappa shape index (κ2) is 6.39. The number of carbonyl (C=O) groups excluding carboxylic acids is 1. The summed E-state index contributed by atoms with van der Waals surface area (Å²) in [7, 11) is 1.62. The number of nitrogens with zero attached hydrogens (tertiary/aromatic N) is 3. The number of ether oxygens (including phenoxy) is 1. The fourth-order valence-electron chi connectivity index (χ4n) is 3.58. The summed E-state index contributed by atoms with van der Waals surface area (Å²) in [6.45, 7) is 1.27. The zero-order valence-corrected chi connectivity index (χ0v) is 12.4. The molecule has 2 atom stereocenters. The first kappa shape index (κ1) is 14.3. The molecule has 3 rings (SSSR count). The summed E-state index contributed by atoms with van der Waals surface area (Å²) in [6.07, 6.45) is 7.47. The summed E-state index contributed by atoms with van der Waals surface area (Å²) in [4.78, 5) is 22.7. The van der Waals surface area contributed by atoms with Gasteiger partial charge in [0.15, 0.2) is 0 Å². The maximum atomic E-state index is 12.5. The van der Waals surface area contributed by atoms with Crippen LogP contribution in [0.25, 0.3) is 0 Å². The van der Waals surface area contributed by atoms with Gasteiger partial charge in [-0.15, -0.1) is 0 Å². The SMILES string of the molecule is COCc1cc(NC(=O)N2CCC[C@@H]3CCC[C@@H]32)ncn1. The van der Waals surface area contributed by atoms with Crippen molar-refractivity contribution in [2.45, 2.75) is 44.8 Å². The Morgan fingerprint density at radius 3 is 3.10 bits per heavy atom. The molecule has 1 saturated heterocycles. The molecule has 0 unspecified atom stereocenters. The average molecular weight is 290 g/mol. The maximum absolute atomic E-state index is 12.5. The second-order valence-electron chi connectivity index (χ2n) is 5.85. The predicted octanol–water partition coefficient (Wildman–Crippen LogP) is 2.42. The Hall–Kier alpha value is -1.69. The monoisotopic (exact) mass is 290 g/mol. The van der Waals surface area contributed by atoms with Crippen LogP contribution in [0.15, 0.2) is 12.4 Å². The first-order chi connectivity index (χ1) is 10.3. The van der Waals surface area contributed by atoms with Gasteiger partial charge in [0.05, 0.1) is 12.3 Å². The van der Waals surface area contributed by atoms with Crippen LogP contribution < -0.4 is 5.32 Å². The first-order valence-corrected chi connectivity index (χ1v) is 7.65. The highest BCUT2D eigenvalue weighted by molar-refractivity contribution is 5.88. The van der Waals surface area contributed by atoms with E-state index in [-0.39, 0.29) is 6.03 Å². The maximum Gasteiger partial charge on any atom is 0.323 e. The Balaban J connectivity index is 1.66. The number of hydrogen-bond acceptors (Lipinski definition) is 4. The molecule has 6 nitrogen and oxygen atoms in total. The number of rotatable bonds is 3. The van der Waals surface area contributed by atoms with Crippen LogP contribution in [0.2, 0.25) is 0 Å². The summed E-state index contributed by atoms with van der Waals surface area (Å²) < 4.78 is 5.05. The van der Waals surface area contributed by atoms with E-state index in [1.807, 2.05) is 4.90 Å². The molecule has 2 heterocycles. The largest absolute Gasteiger partial charge is 0.378 e. The Morgan fingerprint density at radius 1 is 1.38 bits per heavy atom. The third-order valence-electron chi connectivity index (χ3n) is 4.51. The highest BCUT2D eigenvalue weighted by Gasteiger charge is 2.37. The molecule has 1 aromatic heterocycles. The van der Waals surface area contributed by atoms with Crippen LogP contribution in [0.5, 0.6) is 0 Å². The van der Waals surface area contributed by atoms with Crippen molar-refractivity contribution in [3.63, 3.8) is 0 Å². The fraction of sp³-hybridized carbons (Fsp3) is 0.667. The van der Waals surface area contributed by atoms with E-state index in [0.717, 1.165) is 25.1 Å². The third kappa shape index (κ3) is 3.15. The normalized spacial score (nSPS) is 24.7. The number of likely N-dealkylation sites (tertiary alicyclic amines) is 1. The summed E-state index contributed by atoms with van der Waals surface area (Å²) >= 11 is 0. The molecule has 1 aliphatic carbocycles. The number of fused-ring (bicyclic) bond motifs is 1. The number of carbonyl (C=O) groups is 1. The van der Waals surface area contributed by atoms with Crippen LogP contribution in [0.1, 0.15) is 37.8 Å². The Bertz CT molecular complexity index is 508.